The Morgan fingerprint density at radius 3 is 0.821 bits per heavy atom. The molecule has 0 spiro atoms. The first-order valence-corrected chi connectivity index (χ1v) is 28.4. The molecule has 0 aromatic heterocycles. The summed E-state index contributed by atoms with van der Waals surface area (Å²) in [6, 6.07) is 0. The molecule has 0 N–H and O–H groups in total. The number of esters is 3. The predicted molar refractivity (Wildman–Crippen MR) is 288 cm³/mol. The van der Waals surface area contributed by atoms with Crippen LogP contribution < -0.4 is 0 Å². The molecular weight excluding hydrogens is 829 g/mol. The van der Waals surface area contributed by atoms with Gasteiger partial charge in [0, 0.05) is 19.3 Å². The normalized spacial score (nSPS) is 12.6. The second-order valence-corrected chi connectivity index (χ2v) is 18.8. The Morgan fingerprint density at radius 2 is 0.537 bits per heavy atom. The molecule has 0 amide bonds. The summed E-state index contributed by atoms with van der Waals surface area (Å²) in [5.74, 6) is -0.909. The second-order valence-electron chi connectivity index (χ2n) is 18.8. The fourth-order valence-corrected chi connectivity index (χ4v) is 7.83. The van der Waals surface area contributed by atoms with Gasteiger partial charge in [-0.1, -0.05) is 216 Å². The largest absolute Gasteiger partial charge is 0.462 e. The van der Waals surface area contributed by atoms with Gasteiger partial charge in [-0.25, -0.2) is 0 Å². The van der Waals surface area contributed by atoms with E-state index < -0.39 is 6.10 Å². The second kappa shape index (κ2) is 55.4. The highest BCUT2D eigenvalue weighted by atomic mass is 16.6. The van der Waals surface area contributed by atoms with Gasteiger partial charge >= 0.3 is 17.9 Å². The number of rotatable bonds is 51. The van der Waals surface area contributed by atoms with E-state index in [0.717, 1.165) is 103 Å². The summed E-state index contributed by atoms with van der Waals surface area (Å²) < 4.78 is 16.8. The molecule has 0 aliphatic carbocycles. The minimum atomic E-state index is -0.789. The average Bonchev–Trinajstić information content (AvgIpc) is 3.33. The van der Waals surface area contributed by atoms with Gasteiger partial charge in [0.25, 0.3) is 0 Å². The van der Waals surface area contributed by atoms with Crippen LogP contribution in [-0.2, 0) is 28.6 Å². The highest BCUT2D eigenvalue weighted by Gasteiger charge is 2.19. The van der Waals surface area contributed by atoms with Crippen molar-refractivity contribution < 1.29 is 28.6 Å². The van der Waals surface area contributed by atoms with Crippen LogP contribution >= 0.6 is 0 Å². The molecular formula is C61H106O6. The van der Waals surface area contributed by atoms with Crippen LogP contribution in [-0.4, -0.2) is 37.2 Å². The third-order valence-electron chi connectivity index (χ3n) is 12.2. The van der Waals surface area contributed by atoms with Gasteiger partial charge in [-0.2, -0.15) is 0 Å². The lowest BCUT2D eigenvalue weighted by atomic mass is 10.1. The summed E-state index contributed by atoms with van der Waals surface area (Å²) in [7, 11) is 0. The van der Waals surface area contributed by atoms with Gasteiger partial charge in [0.05, 0.1) is 0 Å². The van der Waals surface area contributed by atoms with Crippen molar-refractivity contribution >= 4 is 17.9 Å². The molecule has 0 saturated carbocycles. The van der Waals surface area contributed by atoms with Crippen molar-refractivity contribution in [3.63, 3.8) is 0 Å². The molecule has 0 heterocycles. The van der Waals surface area contributed by atoms with Gasteiger partial charge in [-0.05, 0) is 116 Å². The van der Waals surface area contributed by atoms with Gasteiger partial charge in [-0.15, -0.1) is 0 Å². The Balaban J connectivity index is 4.43. The molecule has 67 heavy (non-hydrogen) atoms. The number of hydrogen-bond donors (Lipinski definition) is 0. The van der Waals surface area contributed by atoms with E-state index >= 15 is 0 Å². The van der Waals surface area contributed by atoms with E-state index in [2.05, 4.69) is 93.7 Å². The highest BCUT2D eigenvalue weighted by Crippen LogP contribution is 2.14. The standard InChI is InChI=1S/C61H106O6/c1-4-7-10-13-16-19-22-25-28-30-33-36-39-42-45-48-51-54-60(63)66-57-58(56-65-59(62)53-50-47-44-41-38-35-32-27-24-21-18-15-12-9-6-3)67-61(64)55-52-49-46-43-40-37-34-31-29-26-23-20-17-14-11-8-5-2/h16-21,25-29,32,58H,4-15,22-24,30-31,33-57H2,1-3H3/b19-16-,20-17-,21-18-,28-25-,29-26-,32-27-/t58-/m1/s1. The summed E-state index contributed by atoms with van der Waals surface area (Å²) in [5.41, 5.74) is 0. The van der Waals surface area contributed by atoms with Crippen LogP contribution in [0.1, 0.15) is 278 Å². The fraction of sp³-hybridized carbons (Fsp3) is 0.754. The quantitative estimate of drug-likeness (QED) is 0.0262. The van der Waals surface area contributed by atoms with Gasteiger partial charge < -0.3 is 14.2 Å². The van der Waals surface area contributed by atoms with Gasteiger partial charge in [0.15, 0.2) is 6.10 Å². The van der Waals surface area contributed by atoms with E-state index in [1.165, 1.54) is 135 Å². The van der Waals surface area contributed by atoms with E-state index in [1.807, 2.05) is 0 Å². The molecule has 0 fully saturated rings. The van der Waals surface area contributed by atoms with Gasteiger partial charge in [0.2, 0.25) is 0 Å². The van der Waals surface area contributed by atoms with Crippen LogP contribution in [0.25, 0.3) is 0 Å². The molecule has 0 unspecified atom stereocenters. The summed E-state index contributed by atoms with van der Waals surface area (Å²) in [6.07, 6.45) is 70.2. The Hall–Kier alpha value is -3.15. The molecule has 0 bridgehead atoms. The zero-order valence-electron chi connectivity index (χ0n) is 44.2. The summed E-state index contributed by atoms with van der Waals surface area (Å²) in [6.45, 7) is 6.55. The summed E-state index contributed by atoms with van der Waals surface area (Å²) in [4.78, 5) is 38.1. The van der Waals surface area contributed by atoms with Crippen molar-refractivity contribution in [3.8, 4) is 0 Å². The molecule has 0 aromatic rings. The average molecular weight is 936 g/mol. The Bertz CT molecular complexity index is 1260. The third-order valence-corrected chi connectivity index (χ3v) is 12.2. The van der Waals surface area contributed by atoms with Crippen LogP contribution in [0.2, 0.25) is 0 Å². The molecule has 0 aliphatic heterocycles. The summed E-state index contributed by atoms with van der Waals surface area (Å²) >= 11 is 0. The molecule has 0 radical (unpaired) electrons. The highest BCUT2D eigenvalue weighted by molar-refractivity contribution is 5.71. The number of carbonyl (C=O) groups is 3. The number of allylic oxidation sites excluding steroid dienone is 12. The number of ether oxygens (including phenoxy) is 3. The minimum Gasteiger partial charge on any atom is -0.462 e. The number of unbranched alkanes of at least 4 members (excludes halogenated alkanes) is 28. The number of carbonyl (C=O) groups excluding carboxylic acids is 3. The molecule has 6 heteroatoms. The maximum Gasteiger partial charge on any atom is 0.306 e. The lowest BCUT2D eigenvalue weighted by Gasteiger charge is -2.18. The summed E-state index contributed by atoms with van der Waals surface area (Å²) in [5, 5.41) is 0. The maximum atomic E-state index is 12.9. The first-order chi connectivity index (χ1) is 33.0. The Labute approximate surface area is 414 Å². The Kier molecular flexibility index (Phi) is 52.8. The molecule has 0 aliphatic rings. The lowest BCUT2D eigenvalue weighted by molar-refractivity contribution is -0.167. The van der Waals surface area contributed by atoms with Gasteiger partial charge in [0.1, 0.15) is 13.2 Å². The van der Waals surface area contributed by atoms with Crippen molar-refractivity contribution in [1.29, 1.82) is 0 Å². The zero-order chi connectivity index (χ0) is 48.6. The lowest BCUT2D eigenvalue weighted by Crippen LogP contribution is -2.30. The Morgan fingerprint density at radius 1 is 0.299 bits per heavy atom. The van der Waals surface area contributed by atoms with Crippen LogP contribution in [0.4, 0.5) is 0 Å². The van der Waals surface area contributed by atoms with Crippen LogP contribution in [0, 0.1) is 0 Å². The van der Waals surface area contributed by atoms with Crippen molar-refractivity contribution in [2.75, 3.05) is 13.2 Å². The van der Waals surface area contributed by atoms with Crippen molar-refractivity contribution in [1.82, 2.24) is 0 Å². The van der Waals surface area contributed by atoms with Crippen molar-refractivity contribution in [3.05, 3.63) is 72.9 Å². The smallest absolute Gasteiger partial charge is 0.306 e. The molecule has 1 atom stereocenters. The van der Waals surface area contributed by atoms with E-state index in [-0.39, 0.29) is 31.1 Å². The van der Waals surface area contributed by atoms with E-state index in [9.17, 15) is 14.4 Å². The van der Waals surface area contributed by atoms with E-state index in [1.54, 1.807) is 0 Å². The zero-order valence-corrected chi connectivity index (χ0v) is 44.2. The molecule has 0 aromatic carbocycles. The predicted octanol–water partition coefficient (Wildman–Crippen LogP) is 19.0. The van der Waals surface area contributed by atoms with Gasteiger partial charge in [-0.3, -0.25) is 14.4 Å². The van der Waals surface area contributed by atoms with Crippen LogP contribution in [0.3, 0.4) is 0 Å². The fourth-order valence-electron chi connectivity index (χ4n) is 7.83. The third kappa shape index (κ3) is 53.7. The maximum absolute atomic E-state index is 12.9. The van der Waals surface area contributed by atoms with Crippen molar-refractivity contribution in [2.24, 2.45) is 0 Å². The molecule has 0 rings (SSSR count). The van der Waals surface area contributed by atoms with E-state index in [0.29, 0.717) is 19.3 Å². The molecule has 386 valence electrons. The molecule has 6 nitrogen and oxygen atoms in total. The van der Waals surface area contributed by atoms with Crippen molar-refractivity contribution in [2.45, 2.75) is 284 Å². The van der Waals surface area contributed by atoms with Crippen LogP contribution in [0.5, 0.6) is 0 Å². The first kappa shape index (κ1) is 63.8. The monoisotopic (exact) mass is 935 g/mol. The van der Waals surface area contributed by atoms with E-state index in [4.69, 9.17) is 14.2 Å². The molecule has 0 saturated heterocycles. The SMILES string of the molecule is CCCCC/C=C\C/C=C\CCCCCCCCCC(=O)OC[C@@H](COC(=O)CCCCCCC/C=C\C/C=C\CCCCC)OC(=O)CCCCCCCCC/C=C\C/C=C\CCCCC. The van der Waals surface area contributed by atoms with Crippen LogP contribution in [0.15, 0.2) is 72.9 Å². The first-order valence-electron chi connectivity index (χ1n) is 28.4. The minimum absolute atomic E-state index is 0.0871. The topological polar surface area (TPSA) is 78.9 Å². The number of hydrogen-bond acceptors (Lipinski definition) is 6.